The van der Waals surface area contributed by atoms with Gasteiger partial charge in [0, 0.05) is 44.6 Å². The molecule has 4 nitrogen and oxygen atoms in total. The van der Waals surface area contributed by atoms with Gasteiger partial charge in [-0.15, -0.1) is 0 Å². The number of hydrogen-bond acceptors (Lipinski definition) is 3. The average molecular weight is 278 g/mol. The minimum Gasteiger partial charge on any atom is -0.337 e. The molecule has 114 valence electrons. The third kappa shape index (κ3) is 3.41. The van der Waals surface area contributed by atoms with E-state index in [4.69, 9.17) is 0 Å². The van der Waals surface area contributed by atoms with E-state index in [1.165, 1.54) is 12.2 Å². The summed E-state index contributed by atoms with van der Waals surface area (Å²) >= 11 is 0. The van der Waals surface area contributed by atoms with Crippen molar-refractivity contribution >= 4 is 0 Å². The molecule has 0 aliphatic carbocycles. The molecule has 1 aliphatic heterocycles. The number of piperazine rings is 1. The summed E-state index contributed by atoms with van der Waals surface area (Å²) in [7, 11) is 2.08. The molecular formula is C16H30N4. The number of rotatable bonds is 5. The van der Waals surface area contributed by atoms with Crippen LogP contribution in [0.5, 0.6) is 0 Å². The highest BCUT2D eigenvalue weighted by Gasteiger charge is 2.32. The van der Waals surface area contributed by atoms with Gasteiger partial charge in [-0.25, -0.2) is 4.98 Å². The number of aromatic nitrogens is 2. The SMILES string of the molecule is CCC(C)C1CN(Cc2nccn2C)C(C(C)C)CN1. The third-order valence-electron chi connectivity index (χ3n) is 4.86. The first-order chi connectivity index (χ1) is 9.52. The lowest BCUT2D eigenvalue weighted by molar-refractivity contribution is 0.0722. The van der Waals surface area contributed by atoms with Crippen molar-refractivity contribution in [1.82, 2.24) is 19.8 Å². The molecule has 1 aromatic rings. The summed E-state index contributed by atoms with van der Waals surface area (Å²) in [5.41, 5.74) is 0. The predicted octanol–water partition coefficient (Wildman–Crippen LogP) is 2.26. The van der Waals surface area contributed by atoms with E-state index in [1.54, 1.807) is 0 Å². The van der Waals surface area contributed by atoms with Gasteiger partial charge in [0.05, 0.1) is 6.54 Å². The van der Waals surface area contributed by atoms with Crippen LogP contribution in [0, 0.1) is 11.8 Å². The molecule has 1 aromatic heterocycles. The van der Waals surface area contributed by atoms with Crippen molar-refractivity contribution < 1.29 is 0 Å². The van der Waals surface area contributed by atoms with Crippen LogP contribution >= 0.6 is 0 Å². The molecule has 4 heteroatoms. The molecule has 1 aliphatic rings. The van der Waals surface area contributed by atoms with Crippen LogP contribution in [-0.4, -0.2) is 39.6 Å². The number of imidazole rings is 1. The fraction of sp³-hybridized carbons (Fsp3) is 0.812. The van der Waals surface area contributed by atoms with Crippen LogP contribution in [0.25, 0.3) is 0 Å². The van der Waals surface area contributed by atoms with Crippen LogP contribution in [0.3, 0.4) is 0 Å². The van der Waals surface area contributed by atoms with Gasteiger partial charge in [0.2, 0.25) is 0 Å². The lowest BCUT2D eigenvalue weighted by Crippen LogP contribution is -2.59. The molecule has 0 aromatic carbocycles. The molecule has 3 unspecified atom stereocenters. The van der Waals surface area contributed by atoms with Crippen molar-refractivity contribution in [2.75, 3.05) is 13.1 Å². The normalized spacial score (nSPS) is 26.1. The number of hydrogen-bond donors (Lipinski definition) is 1. The standard InChI is InChI=1S/C16H30N4/c1-6-13(4)14-10-20(15(9-18-14)12(2)3)11-16-17-7-8-19(16)5/h7-8,12-15,18H,6,9-11H2,1-5H3. The molecule has 0 bridgehead atoms. The minimum atomic E-state index is 0.604. The monoisotopic (exact) mass is 278 g/mol. The maximum atomic E-state index is 4.49. The van der Waals surface area contributed by atoms with Gasteiger partial charge < -0.3 is 9.88 Å². The maximum absolute atomic E-state index is 4.49. The molecule has 20 heavy (non-hydrogen) atoms. The molecule has 1 N–H and O–H groups in total. The second-order valence-electron chi connectivity index (χ2n) is 6.60. The molecule has 0 amide bonds. The quantitative estimate of drug-likeness (QED) is 0.897. The fourth-order valence-corrected chi connectivity index (χ4v) is 3.09. The van der Waals surface area contributed by atoms with E-state index < -0.39 is 0 Å². The van der Waals surface area contributed by atoms with Crippen LogP contribution < -0.4 is 5.32 Å². The van der Waals surface area contributed by atoms with Gasteiger partial charge >= 0.3 is 0 Å². The lowest BCUT2D eigenvalue weighted by Gasteiger charge is -2.44. The maximum Gasteiger partial charge on any atom is 0.122 e. The van der Waals surface area contributed by atoms with Gasteiger partial charge in [0.15, 0.2) is 0 Å². The Morgan fingerprint density at radius 3 is 2.70 bits per heavy atom. The van der Waals surface area contributed by atoms with Gasteiger partial charge in [0.1, 0.15) is 5.82 Å². The summed E-state index contributed by atoms with van der Waals surface area (Å²) in [6.07, 6.45) is 5.17. The summed E-state index contributed by atoms with van der Waals surface area (Å²) < 4.78 is 2.14. The van der Waals surface area contributed by atoms with Crippen molar-refractivity contribution in [2.24, 2.45) is 18.9 Å². The topological polar surface area (TPSA) is 33.1 Å². The summed E-state index contributed by atoms with van der Waals surface area (Å²) in [5.74, 6) is 2.56. The predicted molar refractivity (Wildman–Crippen MR) is 83.5 cm³/mol. The second kappa shape index (κ2) is 6.72. The van der Waals surface area contributed by atoms with Crippen LogP contribution in [0.2, 0.25) is 0 Å². The van der Waals surface area contributed by atoms with E-state index in [1.807, 2.05) is 12.4 Å². The average Bonchev–Trinajstić information content (AvgIpc) is 2.83. The Balaban J connectivity index is 2.09. The fourth-order valence-electron chi connectivity index (χ4n) is 3.09. The molecule has 1 saturated heterocycles. The Labute approximate surface area is 123 Å². The smallest absolute Gasteiger partial charge is 0.122 e. The Kier molecular flexibility index (Phi) is 5.22. The van der Waals surface area contributed by atoms with E-state index >= 15 is 0 Å². The molecule has 0 spiro atoms. The van der Waals surface area contributed by atoms with Crippen LogP contribution in [0.1, 0.15) is 39.9 Å². The van der Waals surface area contributed by atoms with E-state index in [0.717, 1.165) is 25.6 Å². The van der Waals surface area contributed by atoms with Crippen molar-refractivity contribution in [2.45, 2.75) is 52.7 Å². The molecule has 2 rings (SSSR count). The number of nitrogens with one attached hydrogen (secondary N) is 1. The third-order valence-corrected chi connectivity index (χ3v) is 4.86. The van der Waals surface area contributed by atoms with Crippen LogP contribution in [0.15, 0.2) is 12.4 Å². The van der Waals surface area contributed by atoms with Gasteiger partial charge in [-0.3, -0.25) is 4.90 Å². The summed E-state index contributed by atoms with van der Waals surface area (Å²) in [6, 6.07) is 1.21. The second-order valence-corrected chi connectivity index (χ2v) is 6.60. The van der Waals surface area contributed by atoms with Crippen molar-refractivity contribution in [3.05, 3.63) is 18.2 Å². The minimum absolute atomic E-state index is 0.604. The Morgan fingerprint density at radius 1 is 1.40 bits per heavy atom. The first-order valence-corrected chi connectivity index (χ1v) is 7.96. The highest BCUT2D eigenvalue weighted by molar-refractivity contribution is 4.96. The zero-order valence-electron chi connectivity index (χ0n) is 13.6. The van der Waals surface area contributed by atoms with Crippen LogP contribution in [0.4, 0.5) is 0 Å². The molecule has 0 saturated carbocycles. The van der Waals surface area contributed by atoms with E-state index in [9.17, 15) is 0 Å². The van der Waals surface area contributed by atoms with E-state index in [-0.39, 0.29) is 0 Å². The number of aryl methyl sites for hydroxylation is 1. The lowest BCUT2D eigenvalue weighted by atomic mass is 9.92. The summed E-state index contributed by atoms with van der Waals surface area (Å²) in [4.78, 5) is 7.12. The molecule has 3 atom stereocenters. The van der Waals surface area contributed by atoms with Crippen molar-refractivity contribution in [3.8, 4) is 0 Å². The first kappa shape index (κ1) is 15.5. The van der Waals surface area contributed by atoms with Gasteiger partial charge in [-0.1, -0.05) is 34.1 Å². The summed E-state index contributed by atoms with van der Waals surface area (Å²) in [5, 5.41) is 3.76. The van der Waals surface area contributed by atoms with Gasteiger partial charge in [-0.2, -0.15) is 0 Å². The van der Waals surface area contributed by atoms with Crippen LogP contribution in [-0.2, 0) is 13.6 Å². The zero-order valence-corrected chi connectivity index (χ0v) is 13.6. The Hall–Kier alpha value is -0.870. The number of nitrogens with zero attached hydrogens (tertiary/aromatic N) is 3. The Morgan fingerprint density at radius 2 is 2.15 bits per heavy atom. The highest BCUT2D eigenvalue weighted by Crippen LogP contribution is 2.21. The molecule has 1 fully saturated rings. The Bertz CT molecular complexity index is 412. The van der Waals surface area contributed by atoms with Crippen molar-refractivity contribution in [3.63, 3.8) is 0 Å². The van der Waals surface area contributed by atoms with Gasteiger partial charge in [-0.05, 0) is 11.8 Å². The van der Waals surface area contributed by atoms with E-state index in [2.05, 4.69) is 54.5 Å². The first-order valence-electron chi connectivity index (χ1n) is 7.96. The summed E-state index contributed by atoms with van der Waals surface area (Å²) in [6.45, 7) is 12.5. The van der Waals surface area contributed by atoms with Crippen molar-refractivity contribution in [1.29, 1.82) is 0 Å². The largest absolute Gasteiger partial charge is 0.337 e. The van der Waals surface area contributed by atoms with Gasteiger partial charge in [0.25, 0.3) is 0 Å². The molecule has 0 radical (unpaired) electrons. The zero-order chi connectivity index (χ0) is 14.7. The van der Waals surface area contributed by atoms with E-state index in [0.29, 0.717) is 18.0 Å². The molecule has 2 heterocycles. The highest BCUT2D eigenvalue weighted by atomic mass is 15.3. The molecular weight excluding hydrogens is 248 g/mol.